The molecule has 0 fully saturated rings. The maximum absolute atomic E-state index is 11.9. The van der Waals surface area contributed by atoms with Gasteiger partial charge in [-0.05, 0) is 18.9 Å². The number of hydrogen-bond donors (Lipinski definition) is 2. The standard InChI is InChI=1S/C14H22N2O2.ClH/c1-9(2)13(15)14(17)16-10(3)11-7-5-6-8-12(11)18-4;/h5-10,13H,15H2,1-4H3,(H,16,17);1H. The second kappa shape index (κ2) is 8.02. The summed E-state index contributed by atoms with van der Waals surface area (Å²) in [5, 5.41) is 2.91. The van der Waals surface area contributed by atoms with Gasteiger partial charge in [-0.15, -0.1) is 12.4 Å². The number of rotatable bonds is 5. The van der Waals surface area contributed by atoms with Crippen molar-refractivity contribution in [2.45, 2.75) is 32.9 Å². The largest absolute Gasteiger partial charge is 0.496 e. The van der Waals surface area contributed by atoms with Crippen LogP contribution >= 0.6 is 12.4 Å². The minimum Gasteiger partial charge on any atom is -0.496 e. The normalized spacial score (nSPS) is 13.4. The molecule has 19 heavy (non-hydrogen) atoms. The molecule has 1 rings (SSSR count). The first kappa shape index (κ1) is 17.7. The van der Waals surface area contributed by atoms with Crippen molar-refractivity contribution < 1.29 is 9.53 Å². The van der Waals surface area contributed by atoms with Crippen LogP contribution in [0.25, 0.3) is 0 Å². The van der Waals surface area contributed by atoms with Crippen LogP contribution in [0, 0.1) is 5.92 Å². The van der Waals surface area contributed by atoms with Crippen LogP contribution in [-0.2, 0) is 4.79 Å². The van der Waals surface area contributed by atoms with Gasteiger partial charge in [-0.1, -0.05) is 32.0 Å². The molecule has 0 saturated heterocycles. The van der Waals surface area contributed by atoms with Crippen LogP contribution in [0.15, 0.2) is 24.3 Å². The monoisotopic (exact) mass is 286 g/mol. The lowest BCUT2D eigenvalue weighted by Crippen LogP contribution is -2.44. The fraction of sp³-hybridized carbons (Fsp3) is 0.500. The summed E-state index contributed by atoms with van der Waals surface area (Å²) in [6.07, 6.45) is 0. The molecular weight excluding hydrogens is 264 g/mol. The van der Waals surface area contributed by atoms with Crippen molar-refractivity contribution in [3.63, 3.8) is 0 Å². The van der Waals surface area contributed by atoms with Crippen LogP contribution in [-0.4, -0.2) is 19.1 Å². The van der Waals surface area contributed by atoms with Gasteiger partial charge in [0, 0.05) is 5.56 Å². The van der Waals surface area contributed by atoms with Crippen molar-refractivity contribution in [1.82, 2.24) is 5.32 Å². The molecule has 0 radical (unpaired) electrons. The van der Waals surface area contributed by atoms with E-state index in [-0.39, 0.29) is 30.3 Å². The van der Waals surface area contributed by atoms with E-state index in [1.807, 2.05) is 45.0 Å². The molecule has 4 nitrogen and oxygen atoms in total. The Morgan fingerprint density at radius 1 is 1.26 bits per heavy atom. The lowest BCUT2D eigenvalue weighted by Gasteiger charge is -2.21. The van der Waals surface area contributed by atoms with E-state index in [1.54, 1.807) is 7.11 Å². The predicted molar refractivity (Wildman–Crippen MR) is 79.6 cm³/mol. The SMILES string of the molecule is COc1ccccc1C(C)NC(=O)C(N)C(C)C.Cl. The zero-order valence-electron chi connectivity index (χ0n) is 11.8. The van der Waals surface area contributed by atoms with Crippen molar-refractivity contribution in [1.29, 1.82) is 0 Å². The third-order valence-electron chi connectivity index (χ3n) is 2.99. The summed E-state index contributed by atoms with van der Waals surface area (Å²) in [6, 6.07) is 7.02. The fourth-order valence-electron chi connectivity index (χ4n) is 1.71. The highest BCUT2D eigenvalue weighted by atomic mass is 35.5. The number of ether oxygens (including phenoxy) is 1. The summed E-state index contributed by atoms with van der Waals surface area (Å²) in [7, 11) is 1.62. The number of amides is 1. The number of benzene rings is 1. The van der Waals surface area contributed by atoms with Crippen LogP contribution in [0.3, 0.4) is 0 Å². The van der Waals surface area contributed by atoms with Gasteiger partial charge in [-0.2, -0.15) is 0 Å². The Morgan fingerprint density at radius 2 is 1.84 bits per heavy atom. The number of carbonyl (C=O) groups excluding carboxylic acids is 1. The van der Waals surface area contributed by atoms with Gasteiger partial charge in [-0.25, -0.2) is 0 Å². The van der Waals surface area contributed by atoms with E-state index in [2.05, 4.69) is 5.32 Å². The highest BCUT2D eigenvalue weighted by molar-refractivity contribution is 5.85. The molecule has 0 aliphatic carbocycles. The van der Waals surface area contributed by atoms with Crippen molar-refractivity contribution in [3.8, 4) is 5.75 Å². The fourth-order valence-corrected chi connectivity index (χ4v) is 1.71. The number of carbonyl (C=O) groups is 1. The number of hydrogen-bond acceptors (Lipinski definition) is 3. The van der Waals surface area contributed by atoms with E-state index in [0.717, 1.165) is 11.3 Å². The number of para-hydroxylation sites is 1. The first-order valence-electron chi connectivity index (χ1n) is 6.16. The lowest BCUT2D eigenvalue weighted by molar-refractivity contribution is -0.123. The smallest absolute Gasteiger partial charge is 0.237 e. The molecule has 0 saturated carbocycles. The van der Waals surface area contributed by atoms with Crippen LogP contribution in [0.2, 0.25) is 0 Å². The zero-order chi connectivity index (χ0) is 13.7. The van der Waals surface area contributed by atoms with Crippen LogP contribution in [0.4, 0.5) is 0 Å². The number of nitrogens with two attached hydrogens (primary N) is 1. The van der Waals surface area contributed by atoms with Gasteiger partial charge in [0.2, 0.25) is 5.91 Å². The summed E-state index contributed by atoms with van der Waals surface area (Å²) >= 11 is 0. The molecule has 0 bridgehead atoms. The average Bonchev–Trinajstić information content (AvgIpc) is 2.37. The molecule has 108 valence electrons. The van der Waals surface area contributed by atoms with Crippen LogP contribution < -0.4 is 15.8 Å². The molecular formula is C14H23ClN2O2. The molecule has 2 unspecified atom stereocenters. The van der Waals surface area contributed by atoms with Gasteiger partial charge >= 0.3 is 0 Å². The van der Waals surface area contributed by atoms with Crippen molar-refractivity contribution in [3.05, 3.63) is 29.8 Å². The highest BCUT2D eigenvalue weighted by Crippen LogP contribution is 2.24. The Balaban J connectivity index is 0.00000324. The highest BCUT2D eigenvalue weighted by Gasteiger charge is 2.20. The molecule has 0 aliphatic rings. The van der Waals surface area contributed by atoms with Crippen LogP contribution in [0.5, 0.6) is 5.75 Å². The molecule has 2 atom stereocenters. The minimum atomic E-state index is -0.484. The van der Waals surface area contributed by atoms with Crippen LogP contribution in [0.1, 0.15) is 32.4 Å². The number of methoxy groups -OCH3 is 1. The zero-order valence-corrected chi connectivity index (χ0v) is 12.7. The molecule has 0 spiro atoms. The first-order chi connectivity index (χ1) is 8.47. The number of halogens is 1. The number of nitrogens with one attached hydrogen (secondary N) is 1. The van der Waals surface area contributed by atoms with Gasteiger partial charge in [0.15, 0.2) is 0 Å². The van der Waals surface area contributed by atoms with Gasteiger partial charge in [0.05, 0.1) is 19.2 Å². The van der Waals surface area contributed by atoms with Crippen molar-refractivity contribution >= 4 is 18.3 Å². The van der Waals surface area contributed by atoms with E-state index >= 15 is 0 Å². The molecule has 0 heterocycles. The Hall–Kier alpha value is -1.26. The summed E-state index contributed by atoms with van der Waals surface area (Å²) in [5.41, 5.74) is 6.76. The molecule has 3 N–H and O–H groups in total. The lowest BCUT2D eigenvalue weighted by atomic mass is 10.0. The van der Waals surface area contributed by atoms with Crippen molar-refractivity contribution in [2.75, 3.05) is 7.11 Å². The Labute approximate surface area is 121 Å². The topological polar surface area (TPSA) is 64.3 Å². The van der Waals surface area contributed by atoms with E-state index in [0.29, 0.717) is 0 Å². The van der Waals surface area contributed by atoms with Gasteiger partial charge in [-0.3, -0.25) is 4.79 Å². The summed E-state index contributed by atoms with van der Waals surface area (Å²) in [6.45, 7) is 5.78. The quantitative estimate of drug-likeness (QED) is 0.873. The molecule has 0 aliphatic heterocycles. The Kier molecular flexibility index (Phi) is 7.49. The molecule has 0 aromatic heterocycles. The van der Waals surface area contributed by atoms with E-state index < -0.39 is 6.04 Å². The first-order valence-corrected chi connectivity index (χ1v) is 6.16. The Bertz CT molecular complexity index is 410. The van der Waals surface area contributed by atoms with E-state index in [1.165, 1.54) is 0 Å². The summed E-state index contributed by atoms with van der Waals surface area (Å²) in [5.74, 6) is 0.752. The minimum absolute atomic E-state index is 0. The molecule has 1 aromatic rings. The maximum Gasteiger partial charge on any atom is 0.237 e. The van der Waals surface area contributed by atoms with Gasteiger partial charge in [0.25, 0.3) is 0 Å². The molecule has 1 aromatic carbocycles. The summed E-state index contributed by atoms with van der Waals surface area (Å²) < 4.78 is 5.27. The third-order valence-corrected chi connectivity index (χ3v) is 2.99. The van der Waals surface area contributed by atoms with Gasteiger partial charge in [0.1, 0.15) is 5.75 Å². The maximum atomic E-state index is 11.9. The van der Waals surface area contributed by atoms with E-state index in [9.17, 15) is 4.79 Å². The average molecular weight is 287 g/mol. The Morgan fingerprint density at radius 3 is 2.37 bits per heavy atom. The van der Waals surface area contributed by atoms with E-state index in [4.69, 9.17) is 10.5 Å². The third kappa shape index (κ3) is 4.73. The van der Waals surface area contributed by atoms with Crippen molar-refractivity contribution in [2.24, 2.45) is 11.7 Å². The summed E-state index contributed by atoms with van der Waals surface area (Å²) in [4.78, 5) is 11.9. The second-order valence-electron chi connectivity index (χ2n) is 4.74. The molecule has 1 amide bonds. The van der Waals surface area contributed by atoms with Gasteiger partial charge < -0.3 is 15.8 Å². The predicted octanol–water partition coefficient (Wildman–Crippen LogP) is 2.28. The molecule has 5 heteroatoms. The second-order valence-corrected chi connectivity index (χ2v) is 4.74.